The summed E-state index contributed by atoms with van der Waals surface area (Å²) in [6, 6.07) is 4.84. The third-order valence-electron chi connectivity index (χ3n) is 2.62. The van der Waals surface area contributed by atoms with Gasteiger partial charge in [-0.3, -0.25) is 0 Å². The highest BCUT2D eigenvalue weighted by molar-refractivity contribution is 7.89. The molecule has 19 heavy (non-hydrogen) atoms. The van der Waals surface area contributed by atoms with Crippen LogP contribution in [0.5, 0.6) is 0 Å². The van der Waals surface area contributed by atoms with Crippen LogP contribution in [-0.4, -0.2) is 26.3 Å². The first-order chi connectivity index (χ1) is 8.58. The van der Waals surface area contributed by atoms with E-state index >= 15 is 0 Å². The van der Waals surface area contributed by atoms with Gasteiger partial charge < -0.3 is 5.73 Å². The van der Waals surface area contributed by atoms with E-state index in [0.717, 1.165) is 5.56 Å². The van der Waals surface area contributed by atoms with E-state index in [2.05, 4.69) is 0 Å². The van der Waals surface area contributed by atoms with Crippen LogP contribution in [0.15, 0.2) is 23.1 Å². The third kappa shape index (κ3) is 4.18. The van der Waals surface area contributed by atoms with Gasteiger partial charge in [-0.2, -0.15) is 0 Å². The van der Waals surface area contributed by atoms with Gasteiger partial charge in [0.15, 0.2) is 0 Å². The van der Waals surface area contributed by atoms with E-state index in [0.29, 0.717) is 6.54 Å². The van der Waals surface area contributed by atoms with Crippen molar-refractivity contribution in [2.45, 2.75) is 32.2 Å². The van der Waals surface area contributed by atoms with Crippen molar-refractivity contribution in [2.24, 2.45) is 11.1 Å². The smallest absolute Gasteiger partial charge is 0.244 e. The molecule has 0 saturated carbocycles. The summed E-state index contributed by atoms with van der Waals surface area (Å²) in [6.45, 7) is 6.64. The molecular weight excluding hydrogens is 284 g/mol. The van der Waals surface area contributed by atoms with Crippen molar-refractivity contribution >= 4 is 21.6 Å². The first kappa shape index (κ1) is 16.4. The Kier molecular flexibility index (Phi) is 5.01. The molecule has 0 heterocycles. The summed E-state index contributed by atoms with van der Waals surface area (Å²) in [6.07, 6.45) is 0. The van der Waals surface area contributed by atoms with Crippen LogP contribution < -0.4 is 5.73 Å². The van der Waals surface area contributed by atoms with E-state index in [9.17, 15) is 8.42 Å². The molecule has 0 aliphatic heterocycles. The van der Waals surface area contributed by atoms with Crippen LogP contribution in [0.25, 0.3) is 0 Å². The second kappa shape index (κ2) is 5.79. The first-order valence-corrected chi connectivity index (χ1v) is 7.84. The molecule has 0 radical (unpaired) electrons. The van der Waals surface area contributed by atoms with Crippen molar-refractivity contribution in [1.82, 2.24) is 4.31 Å². The SMILES string of the molecule is CN(CC(C)(C)C)S(=O)(=O)c1cc(CN)ccc1Cl. The number of benzene rings is 1. The Morgan fingerprint density at radius 2 is 1.89 bits per heavy atom. The van der Waals surface area contributed by atoms with Crippen molar-refractivity contribution < 1.29 is 8.42 Å². The quantitative estimate of drug-likeness (QED) is 0.929. The van der Waals surface area contributed by atoms with Gasteiger partial charge in [-0.25, -0.2) is 12.7 Å². The maximum Gasteiger partial charge on any atom is 0.244 e. The van der Waals surface area contributed by atoms with Gasteiger partial charge in [0.05, 0.1) is 5.02 Å². The number of hydrogen-bond acceptors (Lipinski definition) is 3. The summed E-state index contributed by atoms with van der Waals surface area (Å²) < 4.78 is 26.3. The van der Waals surface area contributed by atoms with Crippen LogP contribution >= 0.6 is 11.6 Å². The van der Waals surface area contributed by atoms with Crippen LogP contribution in [0.4, 0.5) is 0 Å². The minimum atomic E-state index is -3.59. The summed E-state index contributed by atoms with van der Waals surface area (Å²) in [5, 5.41) is 0.220. The van der Waals surface area contributed by atoms with Gasteiger partial charge in [0, 0.05) is 20.1 Å². The van der Waals surface area contributed by atoms with Crippen molar-refractivity contribution in [1.29, 1.82) is 0 Å². The monoisotopic (exact) mass is 304 g/mol. The molecule has 6 heteroatoms. The van der Waals surface area contributed by atoms with E-state index in [1.54, 1.807) is 19.2 Å². The molecule has 108 valence electrons. The number of halogens is 1. The fourth-order valence-electron chi connectivity index (χ4n) is 1.79. The molecule has 0 fully saturated rings. The molecular formula is C13H21ClN2O2S. The number of sulfonamides is 1. The van der Waals surface area contributed by atoms with Gasteiger partial charge in [-0.1, -0.05) is 38.4 Å². The Labute approximate surface area is 120 Å². The van der Waals surface area contributed by atoms with Gasteiger partial charge in [-0.15, -0.1) is 0 Å². The number of nitrogens with zero attached hydrogens (tertiary/aromatic N) is 1. The zero-order valence-electron chi connectivity index (χ0n) is 11.8. The van der Waals surface area contributed by atoms with Crippen molar-refractivity contribution in [3.8, 4) is 0 Å². The largest absolute Gasteiger partial charge is 0.326 e. The summed E-state index contributed by atoms with van der Waals surface area (Å²) in [5.41, 5.74) is 6.16. The highest BCUT2D eigenvalue weighted by atomic mass is 35.5. The van der Waals surface area contributed by atoms with Crippen LogP contribution in [0, 0.1) is 5.41 Å². The molecule has 2 N–H and O–H groups in total. The van der Waals surface area contributed by atoms with Crippen LogP contribution in [0.1, 0.15) is 26.3 Å². The molecule has 0 aromatic heterocycles. The van der Waals surface area contributed by atoms with Gasteiger partial charge in [-0.05, 0) is 23.1 Å². The van der Waals surface area contributed by atoms with Gasteiger partial charge in [0.1, 0.15) is 4.90 Å². The Morgan fingerprint density at radius 1 is 1.32 bits per heavy atom. The van der Waals surface area contributed by atoms with E-state index < -0.39 is 10.0 Å². The molecule has 0 atom stereocenters. The van der Waals surface area contributed by atoms with Crippen molar-refractivity contribution in [2.75, 3.05) is 13.6 Å². The highest BCUT2D eigenvalue weighted by Crippen LogP contribution is 2.27. The summed E-state index contributed by atoms with van der Waals surface area (Å²) in [4.78, 5) is 0.115. The molecule has 0 saturated heterocycles. The molecule has 0 aliphatic carbocycles. The lowest BCUT2D eigenvalue weighted by molar-refractivity contribution is 0.311. The zero-order chi connectivity index (χ0) is 14.8. The van der Waals surface area contributed by atoms with E-state index in [4.69, 9.17) is 17.3 Å². The molecule has 1 rings (SSSR count). The standard InChI is InChI=1S/C13H21ClN2O2S/c1-13(2,3)9-16(4)19(17,18)12-7-10(8-15)5-6-11(12)14/h5-7H,8-9,15H2,1-4H3. The molecule has 0 amide bonds. The predicted octanol–water partition coefficient (Wildman–Crippen LogP) is 2.47. The van der Waals surface area contributed by atoms with E-state index in [1.165, 1.54) is 10.4 Å². The van der Waals surface area contributed by atoms with E-state index in [1.807, 2.05) is 20.8 Å². The predicted molar refractivity (Wildman–Crippen MR) is 78.6 cm³/mol. The Bertz CT molecular complexity index is 550. The van der Waals surface area contributed by atoms with Crippen LogP contribution in [-0.2, 0) is 16.6 Å². The third-order valence-corrected chi connectivity index (χ3v) is 4.90. The lowest BCUT2D eigenvalue weighted by atomic mass is 9.97. The fourth-order valence-corrected chi connectivity index (χ4v) is 3.71. The molecule has 0 spiro atoms. The van der Waals surface area contributed by atoms with E-state index in [-0.39, 0.29) is 21.9 Å². The summed E-state index contributed by atoms with van der Waals surface area (Å²) >= 11 is 6.01. The second-order valence-corrected chi connectivity index (χ2v) is 8.21. The molecule has 0 bridgehead atoms. The molecule has 1 aromatic carbocycles. The molecule has 0 unspecified atom stereocenters. The van der Waals surface area contributed by atoms with Crippen LogP contribution in [0.2, 0.25) is 5.02 Å². The average Bonchev–Trinajstić information content (AvgIpc) is 2.27. The number of rotatable bonds is 4. The molecule has 4 nitrogen and oxygen atoms in total. The average molecular weight is 305 g/mol. The Balaban J connectivity index is 3.20. The topological polar surface area (TPSA) is 63.4 Å². The normalized spacial score (nSPS) is 13.0. The zero-order valence-corrected chi connectivity index (χ0v) is 13.3. The maximum atomic E-state index is 12.5. The van der Waals surface area contributed by atoms with Gasteiger partial charge >= 0.3 is 0 Å². The molecule has 1 aromatic rings. The first-order valence-electron chi connectivity index (χ1n) is 6.03. The summed E-state index contributed by atoms with van der Waals surface area (Å²) in [7, 11) is -2.03. The van der Waals surface area contributed by atoms with Gasteiger partial charge in [0.2, 0.25) is 10.0 Å². The minimum absolute atomic E-state index is 0.115. The van der Waals surface area contributed by atoms with Crippen LogP contribution in [0.3, 0.4) is 0 Å². The van der Waals surface area contributed by atoms with Gasteiger partial charge in [0.25, 0.3) is 0 Å². The number of nitrogens with two attached hydrogens (primary N) is 1. The second-order valence-electron chi connectivity index (χ2n) is 5.79. The van der Waals surface area contributed by atoms with Crippen molar-refractivity contribution in [3.05, 3.63) is 28.8 Å². The minimum Gasteiger partial charge on any atom is -0.326 e. The fraction of sp³-hybridized carbons (Fsp3) is 0.538. The Morgan fingerprint density at radius 3 is 2.37 bits per heavy atom. The lowest BCUT2D eigenvalue weighted by Gasteiger charge is -2.26. The Hall–Kier alpha value is -0.620. The maximum absolute atomic E-state index is 12.5. The summed E-state index contributed by atoms with van der Waals surface area (Å²) in [5.74, 6) is 0. The molecule has 0 aliphatic rings. The lowest BCUT2D eigenvalue weighted by Crippen LogP contribution is -2.34. The van der Waals surface area contributed by atoms with Crippen molar-refractivity contribution in [3.63, 3.8) is 0 Å². The highest BCUT2D eigenvalue weighted by Gasteiger charge is 2.27. The number of hydrogen-bond donors (Lipinski definition) is 1.